The van der Waals surface area contributed by atoms with E-state index in [1.165, 1.54) is 0 Å². The molecule has 1 saturated heterocycles. The summed E-state index contributed by atoms with van der Waals surface area (Å²) >= 11 is 0. The van der Waals surface area contributed by atoms with Gasteiger partial charge in [-0.2, -0.15) is 0 Å². The Balaban J connectivity index is 2.74. The molecule has 20 heavy (non-hydrogen) atoms. The minimum atomic E-state index is -1.60. The molecule has 1 aliphatic rings. The molecule has 0 aromatic heterocycles. The Morgan fingerprint density at radius 3 is 2.35 bits per heavy atom. The minimum absolute atomic E-state index is 0.125. The Labute approximate surface area is 114 Å². The van der Waals surface area contributed by atoms with E-state index in [9.17, 15) is 19.2 Å². The number of carboxylic acid groups (broad SMARTS) is 2. The second kappa shape index (κ2) is 6.85. The highest BCUT2D eigenvalue weighted by Gasteiger charge is 2.36. The van der Waals surface area contributed by atoms with E-state index in [1.807, 2.05) is 5.32 Å². The van der Waals surface area contributed by atoms with Crippen LogP contribution >= 0.6 is 0 Å². The van der Waals surface area contributed by atoms with Crippen molar-refractivity contribution in [3.63, 3.8) is 0 Å². The fraction of sp³-hybridized carbons (Fsp3) is 0.636. The highest BCUT2D eigenvalue weighted by molar-refractivity contribution is 6.35. The Morgan fingerprint density at radius 2 is 1.85 bits per heavy atom. The summed E-state index contributed by atoms with van der Waals surface area (Å²) in [5.74, 6) is -5.03. The van der Waals surface area contributed by atoms with Crippen molar-refractivity contribution in [1.29, 1.82) is 0 Å². The predicted molar refractivity (Wildman–Crippen MR) is 63.6 cm³/mol. The first-order valence-electron chi connectivity index (χ1n) is 6.06. The molecule has 1 heterocycles. The fourth-order valence-electron chi connectivity index (χ4n) is 1.97. The number of nitrogens with one attached hydrogen (secondary N) is 1. The molecule has 1 fully saturated rings. The van der Waals surface area contributed by atoms with Crippen LogP contribution in [0.25, 0.3) is 0 Å². The third-order valence-corrected chi connectivity index (χ3v) is 3.03. The van der Waals surface area contributed by atoms with Gasteiger partial charge in [-0.3, -0.25) is 9.59 Å². The molecule has 1 rings (SSSR count). The van der Waals surface area contributed by atoms with Crippen molar-refractivity contribution in [2.75, 3.05) is 13.2 Å². The van der Waals surface area contributed by atoms with E-state index >= 15 is 0 Å². The Morgan fingerprint density at radius 1 is 1.20 bits per heavy atom. The predicted octanol–water partition coefficient (Wildman–Crippen LogP) is -1.99. The van der Waals surface area contributed by atoms with Crippen LogP contribution in [-0.2, 0) is 19.2 Å². The molecule has 112 valence electrons. The van der Waals surface area contributed by atoms with Crippen LogP contribution in [0.5, 0.6) is 0 Å². The van der Waals surface area contributed by atoms with E-state index < -0.39 is 42.4 Å². The van der Waals surface area contributed by atoms with Crippen LogP contribution < -0.4 is 5.32 Å². The molecule has 2 amide bonds. The van der Waals surface area contributed by atoms with Gasteiger partial charge in [-0.15, -0.1) is 0 Å². The van der Waals surface area contributed by atoms with E-state index in [-0.39, 0.29) is 13.0 Å². The summed E-state index contributed by atoms with van der Waals surface area (Å²) in [6, 6.07) is -2.68. The lowest BCUT2D eigenvalue weighted by atomic mass is 10.0. The van der Waals surface area contributed by atoms with Crippen molar-refractivity contribution < 1.29 is 34.5 Å². The molecule has 0 aliphatic carbocycles. The number of carboxylic acids is 2. The zero-order chi connectivity index (χ0) is 15.3. The molecule has 2 atom stereocenters. The Bertz CT molecular complexity index is 423. The zero-order valence-electron chi connectivity index (χ0n) is 10.6. The number of hydrogen-bond acceptors (Lipinski definition) is 5. The van der Waals surface area contributed by atoms with Crippen molar-refractivity contribution in [2.45, 2.75) is 31.3 Å². The molecule has 9 nitrogen and oxygen atoms in total. The van der Waals surface area contributed by atoms with Gasteiger partial charge in [0, 0.05) is 6.54 Å². The van der Waals surface area contributed by atoms with Crippen molar-refractivity contribution in [2.24, 2.45) is 0 Å². The number of hydrogen-bond donors (Lipinski definition) is 4. The van der Waals surface area contributed by atoms with E-state index in [2.05, 4.69) is 0 Å². The summed E-state index contributed by atoms with van der Waals surface area (Å²) in [7, 11) is 0. The topological polar surface area (TPSA) is 144 Å². The normalized spacial score (nSPS) is 20.1. The number of amides is 2. The van der Waals surface area contributed by atoms with Gasteiger partial charge in [0.1, 0.15) is 6.04 Å². The maximum absolute atomic E-state index is 11.9. The summed E-state index contributed by atoms with van der Waals surface area (Å²) in [6.07, 6.45) is 1.46. The highest BCUT2D eigenvalue weighted by atomic mass is 16.4. The van der Waals surface area contributed by atoms with Gasteiger partial charge < -0.3 is 25.5 Å². The number of aliphatic carboxylic acids is 2. The van der Waals surface area contributed by atoms with Gasteiger partial charge in [0.25, 0.3) is 0 Å². The van der Waals surface area contributed by atoms with E-state index in [0.29, 0.717) is 12.8 Å². The summed E-state index contributed by atoms with van der Waals surface area (Å²) in [5.41, 5.74) is 0. The van der Waals surface area contributed by atoms with Crippen molar-refractivity contribution in [1.82, 2.24) is 10.2 Å². The molecule has 1 aliphatic heterocycles. The number of nitrogens with zero attached hydrogens (tertiary/aromatic N) is 1. The van der Waals surface area contributed by atoms with E-state index in [0.717, 1.165) is 4.90 Å². The quantitative estimate of drug-likeness (QED) is 0.438. The van der Waals surface area contributed by atoms with Crippen LogP contribution in [0.15, 0.2) is 0 Å². The number of carbonyl (C=O) groups is 4. The van der Waals surface area contributed by atoms with Crippen LogP contribution in [0.1, 0.15) is 19.3 Å². The molecule has 0 radical (unpaired) electrons. The van der Waals surface area contributed by atoms with Crippen LogP contribution in [0.4, 0.5) is 0 Å². The third kappa shape index (κ3) is 3.67. The lowest BCUT2D eigenvalue weighted by Gasteiger charge is -2.32. The first-order chi connectivity index (χ1) is 9.38. The lowest BCUT2D eigenvalue weighted by molar-refractivity contribution is -0.157. The molecule has 0 aromatic rings. The minimum Gasteiger partial charge on any atom is -0.480 e. The van der Waals surface area contributed by atoms with E-state index in [1.54, 1.807) is 0 Å². The highest BCUT2D eigenvalue weighted by Crippen LogP contribution is 2.17. The summed E-state index contributed by atoms with van der Waals surface area (Å²) in [4.78, 5) is 46.1. The fourth-order valence-corrected chi connectivity index (χ4v) is 1.97. The average molecular weight is 288 g/mol. The first-order valence-corrected chi connectivity index (χ1v) is 6.06. The van der Waals surface area contributed by atoms with Gasteiger partial charge in [-0.1, -0.05) is 0 Å². The molecular formula is C11H16N2O7. The van der Waals surface area contributed by atoms with Crippen molar-refractivity contribution >= 4 is 23.8 Å². The summed E-state index contributed by atoms with van der Waals surface area (Å²) in [6.45, 7) is -0.739. The van der Waals surface area contributed by atoms with Crippen LogP contribution in [0.2, 0.25) is 0 Å². The number of piperidine rings is 1. The molecule has 0 spiro atoms. The van der Waals surface area contributed by atoms with Gasteiger partial charge in [0.15, 0.2) is 6.04 Å². The Hall–Kier alpha value is -2.16. The average Bonchev–Trinajstić information content (AvgIpc) is 2.43. The lowest BCUT2D eigenvalue weighted by Crippen LogP contribution is -2.55. The largest absolute Gasteiger partial charge is 0.480 e. The standard InChI is InChI=1S/C11H16N2O7/c14-5-6(10(17)18)12-8(15)9(16)13-4-2-1-3-7(13)11(19)20/h6-7,14H,1-5H2,(H,12,15)(H,17,18)(H,19,20)/t6-,7-/m1/s1. The molecule has 0 saturated carbocycles. The number of aliphatic hydroxyl groups excluding tert-OH is 1. The first kappa shape index (κ1) is 15.9. The molecule has 9 heteroatoms. The smallest absolute Gasteiger partial charge is 0.328 e. The number of aliphatic hydroxyl groups is 1. The van der Waals surface area contributed by atoms with Gasteiger partial charge in [0.05, 0.1) is 6.61 Å². The monoisotopic (exact) mass is 288 g/mol. The number of rotatable bonds is 4. The van der Waals surface area contributed by atoms with Gasteiger partial charge in [-0.05, 0) is 19.3 Å². The maximum atomic E-state index is 11.9. The number of carbonyl (C=O) groups excluding carboxylic acids is 2. The van der Waals surface area contributed by atoms with Gasteiger partial charge in [-0.25, -0.2) is 9.59 Å². The van der Waals surface area contributed by atoms with Gasteiger partial charge in [0.2, 0.25) is 0 Å². The SMILES string of the molecule is O=C(N[C@H](CO)C(=O)O)C(=O)N1CCCC[C@@H]1C(=O)O. The molecule has 0 aromatic carbocycles. The van der Waals surface area contributed by atoms with Crippen LogP contribution in [-0.4, -0.2) is 69.2 Å². The number of likely N-dealkylation sites (tertiary alicyclic amines) is 1. The van der Waals surface area contributed by atoms with Crippen molar-refractivity contribution in [3.8, 4) is 0 Å². The molecule has 4 N–H and O–H groups in total. The Kier molecular flexibility index (Phi) is 5.44. The second-order valence-electron chi connectivity index (χ2n) is 4.40. The van der Waals surface area contributed by atoms with Crippen LogP contribution in [0.3, 0.4) is 0 Å². The summed E-state index contributed by atoms with van der Waals surface area (Å²) < 4.78 is 0. The third-order valence-electron chi connectivity index (χ3n) is 3.03. The van der Waals surface area contributed by atoms with E-state index in [4.69, 9.17) is 15.3 Å². The molecular weight excluding hydrogens is 272 g/mol. The van der Waals surface area contributed by atoms with Gasteiger partial charge >= 0.3 is 23.8 Å². The molecule has 0 unspecified atom stereocenters. The van der Waals surface area contributed by atoms with Crippen LogP contribution in [0, 0.1) is 0 Å². The zero-order valence-corrected chi connectivity index (χ0v) is 10.6. The second-order valence-corrected chi connectivity index (χ2v) is 4.40. The summed E-state index contributed by atoms with van der Waals surface area (Å²) in [5, 5.41) is 28.3. The maximum Gasteiger partial charge on any atom is 0.328 e. The van der Waals surface area contributed by atoms with Crippen molar-refractivity contribution in [3.05, 3.63) is 0 Å². The molecule has 0 bridgehead atoms.